The van der Waals surface area contributed by atoms with Crippen LogP contribution in [-0.4, -0.2) is 37.1 Å². The van der Waals surface area contributed by atoms with E-state index in [4.69, 9.17) is 4.74 Å². The first-order chi connectivity index (χ1) is 14.1. The van der Waals surface area contributed by atoms with E-state index < -0.39 is 23.4 Å². The van der Waals surface area contributed by atoms with Gasteiger partial charge in [-0.05, 0) is 48.2 Å². The van der Waals surface area contributed by atoms with Gasteiger partial charge in [-0.25, -0.2) is 14.2 Å². The lowest BCUT2D eigenvalue weighted by molar-refractivity contribution is -0.161. The Kier molecular flexibility index (Phi) is 5.83. The summed E-state index contributed by atoms with van der Waals surface area (Å²) in [5, 5.41) is 0. The normalized spacial score (nSPS) is 14.9. The SMILES string of the molecule is COC(=O)c1cc(CC(=O)Cc2cc(OC)c(C3(C(F)(F)F)CC3)cc2F)ccn1. The summed E-state index contributed by atoms with van der Waals surface area (Å²) in [6.45, 7) is 0. The molecule has 1 fully saturated rings. The molecule has 160 valence electrons. The van der Waals surface area contributed by atoms with Crippen LogP contribution in [0, 0.1) is 5.82 Å². The number of hydrogen-bond donors (Lipinski definition) is 0. The molecule has 1 aliphatic rings. The van der Waals surface area contributed by atoms with Crippen LogP contribution in [0.3, 0.4) is 0 Å². The van der Waals surface area contributed by atoms with Gasteiger partial charge in [0.15, 0.2) is 0 Å². The number of aromatic nitrogens is 1. The number of benzene rings is 1. The van der Waals surface area contributed by atoms with Crippen LogP contribution in [0.4, 0.5) is 17.6 Å². The van der Waals surface area contributed by atoms with Crippen molar-refractivity contribution >= 4 is 11.8 Å². The Morgan fingerprint density at radius 1 is 1.13 bits per heavy atom. The van der Waals surface area contributed by atoms with Gasteiger partial charge < -0.3 is 9.47 Å². The number of rotatable bonds is 7. The van der Waals surface area contributed by atoms with Gasteiger partial charge in [0.1, 0.15) is 23.0 Å². The predicted molar refractivity (Wildman–Crippen MR) is 97.9 cm³/mol. The first-order valence-electron chi connectivity index (χ1n) is 9.10. The lowest BCUT2D eigenvalue weighted by Gasteiger charge is -2.22. The zero-order valence-electron chi connectivity index (χ0n) is 16.3. The average molecular weight is 425 g/mol. The van der Waals surface area contributed by atoms with Crippen molar-refractivity contribution in [2.24, 2.45) is 0 Å². The Bertz CT molecular complexity index is 983. The first-order valence-corrected chi connectivity index (χ1v) is 9.10. The van der Waals surface area contributed by atoms with Gasteiger partial charge in [-0.15, -0.1) is 0 Å². The summed E-state index contributed by atoms with van der Waals surface area (Å²) in [5.74, 6) is -2.03. The molecular formula is C21H19F4NO4. The van der Waals surface area contributed by atoms with Gasteiger partial charge in [0.25, 0.3) is 0 Å². The van der Waals surface area contributed by atoms with E-state index in [1.807, 2.05) is 0 Å². The van der Waals surface area contributed by atoms with Gasteiger partial charge in [0, 0.05) is 24.6 Å². The van der Waals surface area contributed by atoms with Crippen LogP contribution in [-0.2, 0) is 27.8 Å². The fourth-order valence-corrected chi connectivity index (χ4v) is 3.41. The van der Waals surface area contributed by atoms with Gasteiger partial charge in [-0.1, -0.05) is 0 Å². The third-order valence-electron chi connectivity index (χ3n) is 5.18. The molecule has 2 aromatic rings. The Labute approximate surface area is 170 Å². The summed E-state index contributed by atoms with van der Waals surface area (Å²) in [5.41, 5.74) is -1.89. The standard InChI is InChI=1S/C21H19F4NO4/c1-29-18-10-13(16(22)11-15(18)20(4-5-20)21(23,24)25)9-14(27)7-12-3-6-26-17(8-12)19(28)30-2/h3,6,8,10-11H,4-5,7,9H2,1-2H3. The van der Waals surface area contributed by atoms with E-state index in [0.717, 1.165) is 12.1 Å². The molecule has 1 aromatic carbocycles. The van der Waals surface area contributed by atoms with Crippen LogP contribution in [0.1, 0.15) is 40.0 Å². The summed E-state index contributed by atoms with van der Waals surface area (Å²) < 4.78 is 64.5. The Morgan fingerprint density at radius 3 is 2.40 bits per heavy atom. The molecule has 0 spiro atoms. The van der Waals surface area contributed by atoms with Crippen LogP contribution in [0.25, 0.3) is 0 Å². The number of carbonyl (C=O) groups is 2. The lowest BCUT2D eigenvalue weighted by atomic mass is 9.91. The highest BCUT2D eigenvalue weighted by Gasteiger charge is 2.65. The van der Waals surface area contributed by atoms with Crippen molar-refractivity contribution in [3.05, 3.63) is 58.7 Å². The van der Waals surface area contributed by atoms with Crippen molar-refractivity contribution in [1.82, 2.24) is 4.98 Å². The van der Waals surface area contributed by atoms with Crippen molar-refractivity contribution in [1.29, 1.82) is 0 Å². The number of esters is 1. The summed E-state index contributed by atoms with van der Waals surface area (Å²) in [6, 6.07) is 4.90. The molecular weight excluding hydrogens is 406 g/mol. The van der Waals surface area contributed by atoms with Gasteiger partial charge >= 0.3 is 12.1 Å². The molecule has 3 rings (SSSR count). The zero-order chi connectivity index (χ0) is 22.1. The number of hydrogen-bond acceptors (Lipinski definition) is 5. The van der Waals surface area contributed by atoms with Gasteiger partial charge in [-0.3, -0.25) is 4.79 Å². The van der Waals surface area contributed by atoms with Crippen LogP contribution in [0.2, 0.25) is 0 Å². The summed E-state index contributed by atoms with van der Waals surface area (Å²) in [7, 11) is 2.41. The number of nitrogens with zero attached hydrogens (tertiary/aromatic N) is 1. The Hall–Kier alpha value is -2.97. The number of halogens is 4. The molecule has 0 bridgehead atoms. The smallest absolute Gasteiger partial charge is 0.398 e. The van der Waals surface area contributed by atoms with E-state index >= 15 is 0 Å². The molecule has 0 atom stereocenters. The quantitative estimate of drug-likeness (QED) is 0.496. The van der Waals surface area contributed by atoms with Crippen LogP contribution in [0.15, 0.2) is 30.5 Å². The molecule has 1 aliphatic carbocycles. The van der Waals surface area contributed by atoms with E-state index in [2.05, 4.69) is 9.72 Å². The molecule has 30 heavy (non-hydrogen) atoms. The number of Topliss-reactive ketones (excluding diaryl/α,β-unsaturated/α-hetero) is 1. The number of ether oxygens (including phenoxy) is 2. The second-order valence-electron chi connectivity index (χ2n) is 7.16. The van der Waals surface area contributed by atoms with Crippen molar-refractivity contribution in [2.75, 3.05) is 14.2 Å². The highest BCUT2D eigenvalue weighted by molar-refractivity contribution is 5.88. The first kappa shape index (κ1) is 21.7. The number of methoxy groups -OCH3 is 2. The van der Waals surface area contributed by atoms with Crippen LogP contribution >= 0.6 is 0 Å². The molecule has 0 unspecified atom stereocenters. The highest BCUT2D eigenvalue weighted by Crippen LogP contribution is 2.61. The molecule has 9 heteroatoms. The molecule has 5 nitrogen and oxygen atoms in total. The molecule has 1 heterocycles. The van der Waals surface area contributed by atoms with E-state index in [-0.39, 0.29) is 54.0 Å². The molecule has 1 aromatic heterocycles. The molecule has 0 aliphatic heterocycles. The lowest BCUT2D eigenvalue weighted by Crippen LogP contribution is -2.29. The van der Waals surface area contributed by atoms with Crippen molar-refractivity contribution in [3.63, 3.8) is 0 Å². The van der Waals surface area contributed by atoms with Crippen LogP contribution < -0.4 is 4.74 Å². The van der Waals surface area contributed by atoms with E-state index in [9.17, 15) is 27.2 Å². The largest absolute Gasteiger partial charge is 0.496 e. The fourth-order valence-electron chi connectivity index (χ4n) is 3.41. The molecule has 0 amide bonds. The highest BCUT2D eigenvalue weighted by atomic mass is 19.4. The summed E-state index contributed by atoms with van der Waals surface area (Å²) in [4.78, 5) is 27.8. The predicted octanol–water partition coefficient (Wildman–Crippen LogP) is 3.96. The fraction of sp³-hybridized carbons (Fsp3) is 0.381. The van der Waals surface area contributed by atoms with Crippen molar-refractivity contribution < 1.29 is 36.6 Å². The van der Waals surface area contributed by atoms with E-state index in [1.54, 1.807) is 0 Å². The van der Waals surface area contributed by atoms with Gasteiger partial charge in [0.2, 0.25) is 0 Å². The van der Waals surface area contributed by atoms with Crippen molar-refractivity contribution in [2.45, 2.75) is 37.3 Å². The van der Waals surface area contributed by atoms with E-state index in [1.165, 1.54) is 32.5 Å². The average Bonchev–Trinajstić information content (AvgIpc) is 3.50. The minimum absolute atomic E-state index is 0.0295. The minimum Gasteiger partial charge on any atom is -0.496 e. The molecule has 0 N–H and O–H groups in total. The Balaban J connectivity index is 1.81. The molecule has 0 saturated heterocycles. The second kappa shape index (κ2) is 8.04. The van der Waals surface area contributed by atoms with E-state index in [0.29, 0.717) is 5.56 Å². The van der Waals surface area contributed by atoms with Gasteiger partial charge in [0.05, 0.1) is 19.6 Å². The maximum atomic E-state index is 14.6. The summed E-state index contributed by atoms with van der Waals surface area (Å²) in [6.07, 6.45) is -3.87. The molecule has 1 saturated carbocycles. The Morgan fingerprint density at radius 2 is 1.83 bits per heavy atom. The maximum Gasteiger partial charge on any atom is 0.398 e. The minimum atomic E-state index is -4.51. The zero-order valence-corrected chi connectivity index (χ0v) is 16.3. The van der Waals surface area contributed by atoms with Gasteiger partial charge in [-0.2, -0.15) is 13.2 Å². The maximum absolute atomic E-state index is 14.6. The third-order valence-corrected chi connectivity index (χ3v) is 5.18. The molecule has 0 radical (unpaired) electrons. The summed E-state index contributed by atoms with van der Waals surface area (Å²) >= 11 is 0. The number of ketones is 1. The van der Waals surface area contributed by atoms with Crippen molar-refractivity contribution in [3.8, 4) is 5.75 Å². The third kappa shape index (κ3) is 4.15. The monoisotopic (exact) mass is 425 g/mol. The number of alkyl halides is 3. The number of pyridine rings is 1. The van der Waals surface area contributed by atoms with Crippen LogP contribution in [0.5, 0.6) is 5.75 Å². The topological polar surface area (TPSA) is 65.5 Å². The second-order valence-corrected chi connectivity index (χ2v) is 7.16. The number of carbonyl (C=O) groups excluding carboxylic acids is 2.